The van der Waals surface area contributed by atoms with Crippen LogP contribution in [0, 0.1) is 11.8 Å². The highest BCUT2D eigenvalue weighted by molar-refractivity contribution is 8.00. The normalized spacial score (nSPS) is 19.8. The molecule has 0 bridgehead atoms. The summed E-state index contributed by atoms with van der Waals surface area (Å²) in [5.41, 5.74) is 2.30. The fourth-order valence-electron chi connectivity index (χ4n) is 3.99. The molecule has 1 N–H and O–H groups in total. The molecule has 34 heavy (non-hydrogen) atoms. The van der Waals surface area contributed by atoms with Crippen molar-refractivity contribution < 1.29 is 24.1 Å². The summed E-state index contributed by atoms with van der Waals surface area (Å²) in [6.07, 6.45) is 0.639. The van der Waals surface area contributed by atoms with E-state index in [-0.39, 0.29) is 5.25 Å². The van der Waals surface area contributed by atoms with Gasteiger partial charge in [0.05, 0.1) is 27.4 Å². The summed E-state index contributed by atoms with van der Waals surface area (Å²) in [6.45, 7) is 3.45. The number of aliphatic hydroxyl groups is 1. The van der Waals surface area contributed by atoms with E-state index in [0.29, 0.717) is 17.9 Å². The molecule has 2 aromatic rings. The zero-order chi connectivity index (χ0) is 24.5. The molecule has 3 rings (SSSR count). The molecule has 0 aromatic heterocycles. The maximum absolute atomic E-state index is 10.6. The van der Waals surface area contributed by atoms with E-state index < -0.39 is 12.2 Å². The number of likely N-dealkylation sites (N-methyl/N-ethyl adjacent to an activating group) is 1. The van der Waals surface area contributed by atoms with Crippen molar-refractivity contribution in [2.45, 2.75) is 43.8 Å². The summed E-state index contributed by atoms with van der Waals surface area (Å²) >= 11 is 1.73. The van der Waals surface area contributed by atoms with Crippen LogP contribution in [-0.4, -0.2) is 68.1 Å². The lowest BCUT2D eigenvalue weighted by molar-refractivity contribution is 0.0354. The molecular formula is C27H35NO5S. The Hall–Kier alpha value is -2.53. The zero-order valence-electron chi connectivity index (χ0n) is 20.7. The first-order valence-electron chi connectivity index (χ1n) is 11.4. The molecular weight excluding hydrogens is 450 g/mol. The second-order valence-electron chi connectivity index (χ2n) is 8.29. The Balaban J connectivity index is 1.67. The molecule has 0 aliphatic carbocycles. The van der Waals surface area contributed by atoms with Crippen LogP contribution >= 0.6 is 11.8 Å². The molecule has 0 amide bonds. The van der Waals surface area contributed by atoms with Gasteiger partial charge >= 0.3 is 0 Å². The number of thioether (sulfide) groups is 1. The molecule has 1 heterocycles. The van der Waals surface area contributed by atoms with Crippen LogP contribution in [0.5, 0.6) is 23.0 Å². The SMILES string of the molecule is CC#CC1SCCC(O)C1Oc1cc(CN(C)CCc2ccc(OC)c(OC)c2)ccc1OC. The van der Waals surface area contributed by atoms with Gasteiger partial charge in [0.2, 0.25) is 0 Å². The first kappa shape index (κ1) is 26.1. The molecule has 7 heteroatoms. The largest absolute Gasteiger partial charge is 0.493 e. The lowest BCUT2D eigenvalue weighted by Crippen LogP contribution is -2.43. The van der Waals surface area contributed by atoms with E-state index in [4.69, 9.17) is 18.9 Å². The van der Waals surface area contributed by atoms with Gasteiger partial charge in [0.25, 0.3) is 0 Å². The number of hydrogen-bond donors (Lipinski definition) is 1. The highest BCUT2D eigenvalue weighted by Crippen LogP contribution is 2.35. The van der Waals surface area contributed by atoms with Crippen LogP contribution in [0.3, 0.4) is 0 Å². The second-order valence-corrected chi connectivity index (χ2v) is 9.54. The Morgan fingerprint density at radius 2 is 1.62 bits per heavy atom. The second kappa shape index (κ2) is 12.8. The molecule has 0 saturated carbocycles. The van der Waals surface area contributed by atoms with Crippen molar-refractivity contribution in [1.82, 2.24) is 4.90 Å². The van der Waals surface area contributed by atoms with Crippen molar-refractivity contribution in [3.05, 3.63) is 47.5 Å². The Kier molecular flexibility index (Phi) is 9.82. The lowest BCUT2D eigenvalue weighted by atomic mass is 10.1. The zero-order valence-corrected chi connectivity index (χ0v) is 21.5. The minimum Gasteiger partial charge on any atom is -0.493 e. The van der Waals surface area contributed by atoms with Crippen molar-refractivity contribution in [3.8, 4) is 34.8 Å². The quantitative estimate of drug-likeness (QED) is 0.510. The number of hydrogen-bond acceptors (Lipinski definition) is 7. The summed E-state index contributed by atoms with van der Waals surface area (Å²) in [7, 11) is 7.02. The van der Waals surface area contributed by atoms with Gasteiger partial charge in [-0.1, -0.05) is 18.1 Å². The van der Waals surface area contributed by atoms with Crippen molar-refractivity contribution >= 4 is 11.8 Å². The van der Waals surface area contributed by atoms with E-state index in [9.17, 15) is 5.11 Å². The van der Waals surface area contributed by atoms with Gasteiger partial charge in [-0.25, -0.2) is 0 Å². The molecule has 1 aliphatic heterocycles. The van der Waals surface area contributed by atoms with Gasteiger partial charge in [-0.2, -0.15) is 0 Å². The van der Waals surface area contributed by atoms with Crippen LogP contribution < -0.4 is 18.9 Å². The van der Waals surface area contributed by atoms with Crippen LogP contribution in [0.25, 0.3) is 0 Å². The topological polar surface area (TPSA) is 60.4 Å². The minimum absolute atomic E-state index is 0.0636. The van der Waals surface area contributed by atoms with Gasteiger partial charge in [-0.3, -0.25) is 0 Å². The highest BCUT2D eigenvalue weighted by Gasteiger charge is 2.34. The monoisotopic (exact) mass is 485 g/mol. The smallest absolute Gasteiger partial charge is 0.162 e. The van der Waals surface area contributed by atoms with Crippen molar-refractivity contribution in [2.24, 2.45) is 0 Å². The Labute approximate surface area is 207 Å². The van der Waals surface area contributed by atoms with E-state index >= 15 is 0 Å². The molecule has 3 unspecified atom stereocenters. The molecule has 184 valence electrons. The first-order valence-corrected chi connectivity index (χ1v) is 12.5. The van der Waals surface area contributed by atoms with Gasteiger partial charge in [0, 0.05) is 13.1 Å². The first-order chi connectivity index (χ1) is 16.5. The van der Waals surface area contributed by atoms with Gasteiger partial charge in [0.15, 0.2) is 23.0 Å². The summed E-state index contributed by atoms with van der Waals surface area (Å²) < 4.78 is 22.6. The van der Waals surface area contributed by atoms with Crippen LogP contribution in [0.2, 0.25) is 0 Å². The molecule has 2 aromatic carbocycles. The predicted octanol–water partition coefficient (Wildman–Crippen LogP) is 4.02. The Bertz CT molecular complexity index is 1000. The molecule has 0 radical (unpaired) electrons. The van der Waals surface area contributed by atoms with Crippen LogP contribution in [-0.2, 0) is 13.0 Å². The lowest BCUT2D eigenvalue weighted by Gasteiger charge is -2.33. The van der Waals surface area contributed by atoms with Crippen LogP contribution in [0.4, 0.5) is 0 Å². The van der Waals surface area contributed by atoms with Gasteiger partial charge in [0.1, 0.15) is 11.4 Å². The summed E-state index contributed by atoms with van der Waals surface area (Å²) in [5.74, 6) is 9.80. The minimum atomic E-state index is -0.551. The van der Waals surface area contributed by atoms with Crippen molar-refractivity contribution in [2.75, 3.05) is 40.7 Å². The maximum Gasteiger partial charge on any atom is 0.162 e. The number of rotatable bonds is 10. The van der Waals surface area contributed by atoms with E-state index in [1.54, 1.807) is 33.1 Å². The fourth-order valence-corrected chi connectivity index (χ4v) is 5.25. The average molecular weight is 486 g/mol. The van der Waals surface area contributed by atoms with Crippen molar-refractivity contribution in [1.29, 1.82) is 0 Å². The Morgan fingerprint density at radius 1 is 0.971 bits per heavy atom. The number of methoxy groups -OCH3 is 3. The standard InChI is InChI=1S/C27H35NO5S/c1-6-7-26-27(21(29)13-15-34-26)33-25-17-20(9-11-23(25)31-4)18-28(2)14-12-19-8-10-22(30-3)24(16-19)32-5/h8-11,16-17,21,26-27,29H,12-15,18H2,1-5H3. The predicted molar refractivity (Wildman–Crippen MR) is 137 cm³/mol. The summed E-state index contributed by atoms with van der Waals surface area (Å²) in [4.78, 5) is 2.26. The number of ether oxygens (including phenoxy) is 4. The summed E-state index contributed by atoms with van der Waals surface area (Å²) in [6, 6.07) is 12.0. The fraction of sp³-hybridized carbons (Fsp3) is 0.481. The third kappa shape index (κ3) is 6.75. The van der Waals surface area contributed by atoms with E-state index in [2.05, 4.69) is 29.9 Å². The Morgan fingerprint density at radius 3 is 2.29 bits per heavy atom. The highest BCUT2D eigenvalue weighted by atomic mass is 32.2. The molecule has 1 saturated heterocycles. The van der Waals surface area contributed by atoms with Gasteiger partial charge in [-0.15, -0.1) is 17.7 Å². The third-order valence-electron chi connectivity index (χ3n) is 5.85. The van der Waals surface area contributed by atoms with Crippen LogP contribution in [0.1, 0.15) is 24.5 Å². The van der Waals surface area contributed by atoms with E-state index in [1.807, 2.05) is 37.3 Å². The van der Waals surface area contributed by atoms with E-state index in [0.717, 1.165) is 42.3 Å². The van der Waals surface area contributed by atoms with Crippen LogP contribution in [0.15, 0.2) is 36.4 Å². The molecule has 3 atom stereocenters. The summed E-state index contributed by atoms with van der Waals surface area (Å²) in [5, 5.41) is 10.5. The van der Waals surface area contributed by atoms with E-state index in [1.165, 1.54) is 5.56 Å². The molecule has 6 nitrogen and oxygen atoms in total. The number of aliphatic hydroxyl groups excluding tert-OH is 1. The van der Waals surface area contributed by atoms with Crippen molar-refractivity contribution in [3.63, 3.8) is 0 Å². The van der Waals surface area contributed by atoms with Gasteiger partial charge in [-0.05, 0) is 68.0 Å². The number of benzene rings is 2. The maximum atomic E-state index is 10.6. The third-order valence-corrected chi connectivity index (χ3v) is 7.07. The molecule has 1 aliphatic rings. The van der Waals surface area contributed by atoms with Gasteiger partial charge < -0.3 is 29.0 Å². The molecule has 0 spiro atoms. The molecule has 1 fully saturated rings. The number of nitrogens with zero attached hydrogens (tertiary/aromatic N) is 1. The average Bonchev–Trinajstić information content (AvgIpc) is 2.85.